The number of benzene rings is 3. The Balaban J connectivity index is 1.39. The second-order valence-corrected chi connectivity index (χ2v) is 8.38. The number of para-hydroxylation sites is 2. The van der Waals surface area contributed by atoms with E-state index >= 15 is 0 Å². The highest BCUT2D eigenvalue weighted by molar-refractivity contribution is 7.99. The maximum Gasteiger partial charge on any atom is 0.416 e. The largest absolute Gasteiger partial charge is 0.416 e. The van der Waals surface area contributed by atoms with E-state index in [1.54, 1.807) is 18.2 Å². The first kappa shape index (κ1) is 24.7. The Morgan fingerprint density at radius 1 is 1.00 bits per heavy atom. The molecule has 0 fully saturated rings. The molecule has 3 N–H and O–H groups in total. The number of aromatic nitrogens is 2. The van der Waals surface area contributed by atoms with Gasteiger partial charge in [-0.05, 0) is 42.5 Å². The third-order valence-corrected chi connectivity index (χ3v) is 5.79. The molecule has 0 aliphatic carbocycles. The summed E-state index contributed by atoms with van der Waals surface area (Å²) in [5.74, 6) is -1.11. The normalized spacial score (nSPS) is 11.3. The van der Waals surface area contributed by atoms with E-state index in [1.165, 1.54) is 24.3 Å². The number of nitro benzene ring substituents is 1. The summed E-state index contributed by atoms with van der Waals surface area (Å²) >= 11 is 1.08. The van der Waals surface area contributed by atoms with Gasteiger partial charge in [0.2, 0.25) is 5.91 Å². The molecule has 36 heavy (non-hydrogen) atoms. The van der Waals surface area contributed by atoms with E-state index in [4.69, 9.17) is 0 Å². The first-order valence-corrected chi connectivity index (χ1v) is 11.2. The molecule has 1 aromatic heterocycles. The van der Waals surface area contributed by atoms with Crippen LogP contribution in [0.5, 0.6) is 0 Å². The number of nitrogens with one attached hydrogen (secondary N) is 3. The number of nitrogens with zero attached hydrogens (tertiary/aromatic N) is 2. The zero-order valence-electron chi connectivity index (χ0n) is 18.1. The summed E-state index contributed by atoms with van der Waals surface area (Å²) in [7, 11) is 0. The van der Waals surface area contributed by atoms with Crippen LogP contribution in [-0.4, -0.2) is 32.5 Å². The molecule has 1 heterocycles. The predicted molar refractivity (Wildman–Crippen MR) is 128 cm³/mol. The van der Waals surface area contributed by atoms with Crippen molar-refractivity contribution in [2.24, 2.45) is 0 Å². The molecule has 0 atom stereocenters. The highest BCUT2D eigenvalue weighted by atomic mass is 32.2. The quantitative estimate of drug-likeness (QED) is 0.170. The summed E-state index contributed by atoms with van der Waals surface area (Å²) in [6.45, 7) is 0. The fraction of sp³-hybridized carbons (Fsp3) is 0.0870. The third-order valence-electron chi connectivity index (χ3n) is 4.92. The maximum absolute atomic E-state index is 12.7. The van der Waals surface area contributed by atoms with Crippen LogP contribution < -0.4 is 10.6 Å². The van der Waals surface area contributed by atoms with E-state index in [9.17, 15) is 32.9 Å². The topological polar surface area (TPSA) is 130 Å². The number of hydrogen-bond acceptors (Lipinski definition) is 6. The maximum atomic E-state index is 12.7. The molecule has 0 unspecified atom stereocenters. The van der Waals surface area contributed by atoms with Crippen molar-refractivity contribution in [2.45, 2.75) is 11.3 Å². The van der Waals surface area contributed by atoms with E-state index in [0.717, 1.165) is 36.0 Å². The minimum Gasteiger partial charge on any atom is -0.333 e. The van der Waals surface area contributed by atoms with Gasteiger partial charge >= 0.3 is 6.18 Å². The Bertz CT molecular complexity index is 1450. The number of nitro groups is 1. The van der Waals surface area contributed by atoms with Gasteiger partial charge in [-0.3, -0.25) is 19.7 Å². The standard InChI is InChI=1S/C23H16F3N5O4S/c24-23(25,26)14-7-5-13(6-8-14)21(33)28-17-4-2-1-3-16(17)27-20(32)12-36-22-29-18-10-9-15(31(34)35)11-19(18)30-22/h1-11H,12H2,(H,27,32)(H,28,33)(H,29,30). The summed E-state index contributed by atoms with van der Waals surface area (Å²) in [5.41, 5.74) is 0.593. The van der Waals surface area contributed by atoms with Crippen molar-refractivity contribution < 1.29 is 27.7 Å². The summed E-state index contributed by atoms with van der Waals surface area (Å²) in [4.78, 5) is 42.6. The van der Waals surface area contributed by atoms with Gasteiger partial charge in [-0.1, -0.05) is 23.9 Å². The zero-order valence-corrected chi connectivity index (χ0v) is 18.9. The van der Waals surface area contributed by atoms with Gasteiger partial charge in [-0.2, -0.15) is 13.2 Å². The fourth-order valence-electron chi connectivity index (χ4n) is 3.18. The summed E-state index contributed by atoms with van der Waals surface area (Å²) in [6, 6.07) is 14.3. The van der Waals surface area contributed by atoms with Crippen molar-refractivity contribution in [3.05, 3.63) is 88.0 Å². The number of halogens is 3. The van der Waals surface area contributed by atoms with Crippen LogP contribution in [0.4, 0.5) is 30.2 Å². The second-order valence-electron chi connectivity index (χ2n) is 7.41. The van der Waals surface area contributed by atoms with E-state index in [2.05, 4.69) is 20.6 Å². The Hall–Kier alpha value is -4.39. The first-order chi connectivity index (χ1) is 17.1. The second kappa shape index (κ2) is 10.1. The van der Waals surface area contributed by atoms with Crippen LogP contribution in [0.1, 0.15) is 15.9 Å². The van der Waals surface area contributed by atoms with Gasteiger partial charge in [0.1, 0.15) is 0 Å². The molecule has 0 aliphatic rings. The summed E-state index contributed by atoms with van der Waals surface area (Å²) in [5, 5.41) is 16.6. The van der Waals surface area contributed by atoms with Crippen molar-refractivity contribution in [1.29, 1.82) is 0 Å². The molecule has 0 radical (unpaired) electrons. The number of thioether (sulfide) groups is 1. The highest BCUT2D eigenvalue weighted by Crippen LogP contribution is 2.29. The summed E-state index contributed by atoms with van der Waals surface area (Å²) < 4.78 is 38.2. The minimum atomic E-state index is -4.51. The number of H-pyrrole nitrogens is 1. The number of carbonyl (C=O) groups is 2. The average molecular weight is 515 g/mol. The van der Waals surface area contributed by atoms with Crippen molar-refractivity contribution >= 4 is 51.7 Å². The number of anilines is 2. The van der Waals surface area contributed by atoms with E-state index < -0.39 is 28.5 Å². The van der Waals surface area contributed by atoms with Gasteiger partial charge in [0.05, 0.1) is 38.6 Å². The molecule has 4 aromatic rings. The Kier molecular flexibility index (Phi) is 6.92. The lowest BCUT2D eigenvalue weighted by molar-refractivity contribution is -0.384. The molecule has 0 saturated carbocycles. The monoisotopic (exact) mass is 515 g/mol. The number of hydrogen-bond donors (Lipinski definition) is 3. The van der Waals surface area contributed by atoms with Crippen molar-refractivity contribution in [1.82, 2.24) is 9.97 Å². The van der Waals surface area contributed by atoms with Crippen molar-refractivity contribution in [2.75, 3.05) is 16.4 Å². The predicted octanol–water partition coefficient (Wildman–Crippen LogP) is 5.47. The highest BCUT2D eigenvalue weighted by Gasteiger charge is 2.30. The van der Waals surface area contributed by atoms with Crippen LogP contribution in [0.25, 0.3) is 11.0 Å². The van der Waals surface area contributed by atoms with Crippen molar-refractivity contribution in [3.63, 3.8) is 0 Å². The molecule has 0 bridgehead atoms. The van der Waals surface area contributed by atoms with Crippen LogP contribution in [0, 0.1) is 10.1 Å². The smallest absolute Gasteiger partial charge is 0.333 e. The van der Waals surface area contributed by atoms with Gasteiger partial charge < -0.3 is 15.6 Å². The van der Waals surface area contributed by atoms with Crippen LogP contribution in [-0.2, 0) is 11.0 Å². The van der Waals surface area contributed by atoms with E-state index in [0.29, 0.717) is 21.9 Å². The lowest BCUT2D eigenvalue weighted by Gasteiger charge is -2.12. The molecule has 0 spiro atoms. The number of rotatable bonds is 7. The Morgan fingerprint density at radius 2 is 1.67 bits per heavy atom. The number of alkyl halides is 3. The third kappa shape index (κ3) is 5.81. The molecule has 4 rings (SSSR count). The number of fused-ring (bicyclic) bond motifs is 1. The fourth-order valence-corrected chi connectivity index (χ4v) is 3.87. The molecular weight excluding hydrogens is 499 g/mol. The lowest BCUT2D eigenvalue weighted by atomic mass is 10.1. The molecule has 0 saturated heterocycles. The van der Waals surface area contributed by atoms with Gasteiger partial charge in [0.25, 0.3) is 11.6 Å². The molecular formula is C23H16F3N5O4S. The molecule has 0 aliphatic heterocycles. The van der Waals surface area contributed by atoms with Gasteiger partial charge in [-0.25, -0.2) is 4.98 Å². The number of aromatic amines is 1. The van der Waals surface area contributed by atoms with Crippen LogP contribution in [0.15, 0.2) is 71.9 Å². The average Bonchev–Trinajstić information content (AvgIpc) is 3.26. The van der Waals surface area contributed by atoms with E-state index in [1.807, 2.05) is 0 Å². The Labute approximate surface area is 205 Å². The van der Waals surface area contributed by atoms with Crippen LogP contribution >= 0.6 is 11.8 Å². The number of amides is 2. The number of non-ortho nitro benzene ring substituents is 1. The van der Waals surface area contributed by atoms with Gasteiger partial charge in [-0.15, -0.1) is 0 Å². The molecule has 2 amide bonds. The Morgan fingerprint density at radius 3 is 2.31 bits per heavy atom. The number of imidazole rings is 1. The number of carbonyl (C=O) groups excluding carboxylic acids is 2. The lowest BCUT2D eigenvalue weighted by Crippen LogP contribution is -2.18. The van der Waals surface area contributed by atoms with Gasteiger partial charge in [0.15, 0.2) is 5.16 Å². The molecule has 9 nitrogen and oxygen atoms in total. The molecule has 184 valence electrons. The zero-order chi connectivity index (χ0) is 25.9. The van der Waals surface area contributed by atoms with E-state index in [-0.39, 0.29) is 22.7 Å². The molecule has 3 aromatic carbocycles. The van der Waals surface area contributed by atoms with Crippen molar-refractivity contribution in [3.8, 4) is 0 Å². The van der Waals surface area contributed by atoms with Crippen LogP contribution in [0.3, 0.4) is 0 Å². The van der Waals surface area contributed by atoms with Crippen LogP contribution in [0.2, 0.25) is 0 Å². The minimum absolute atomic E-state index is 0.0183. The molecule has 13 heteroatoms. The van der Waals surface area contributed by atoms with Gasteiger partial charge in [0, 0.05) is 17.7 Å². The summed E-state index contributed by atoms with van der Waals surface area (Å²) in [6.07, 6.45) is -4.51. The SMILES string of the molecule is O=C(CSc1nc2ccc([N+](=O)[O-])cc2[nH]1)Nc1ccccc1NC(=O)c1ccc(C(F)(F)F)cc1. The first-order valence-electron chi connectivity index (χ1n) is 10.2.